The van der Waals surface area contributed by atoms with Gasteiger partial charge >= 0.3 is 0 Å². The number of benzene rings is 3. The lowest BCUT2D eigenvalue weighted by Crippen LogP contribution is -2.15. The average molecular weight is 436 g/mol. The monoisotopic (exact) mass is 436 g/mol. The van der Waals surface area contributed by atoms with Gasteiger partial charge in [-0.15, -0.1) is 0 Å². The molecule has 0 unspecified atom stereocenters. The molecular weight excluding hydrogens is 412 g/mol. The van der Waals surface area contributed by atoms with Crippen molar-refractivity contribution in [3.63, 3.8) is 0 Å². The maximum atomic E-state index is 12.7. The fraction of sp³-hybridized carbons (Fsp3) is 0.167. The van der Waals surface area contributed by atoms with Crippen molar-refractivity contribution in [1.82, 2.24) is 0 Å². The molecule has 0 fully saturated rings. The van der Waals surface area contributed by atoms with Gasteiger partial charge in [-0.3, -0.25) is 9.59 Å². The van der Waals surface area contributed by atoms with Gasteiger partial charge in [0.15, 0.2) is 0 Å². The Kier molecular flexibility index (Phi) is 8.19. The molecule has 0 aliphatic rings. The molecule has 0 aliphatic carbocycles. The van der Waals surface area contributed by atoms with E-state index >= 15 is 0 Å². The number of carbonyl (C=O) groups is 2. The molecule has 0 heterocycles. The molecule has 8 nitrogen and oxygen atoms in total. The van der Waals surface area contributed by atoms with E-state index in [0.29, 0.717) is 34.0 Å². The highest BCUT2D eigenvalue weighted by molar-refractivity contribution is 6.08. The predicted octanol–water partition coefficient (Wildman–Crippen LogP) is 2.93. The van der Waals surface area contributed by atoms with E-state index in [9.17, 15) is 9.59 Å². The van der Waals surface area contributed by atoms with Crippen LogP contribution in [0, 0.1) is 0 Å². The second-order valence-electron chi connectivity index (χ2n) is 6.69. The summed E-state index contributed by atoms with van der Waals surface area (Å²) in [6.45, 7) is 0.104. The van der Waals surface area contributed by atoms with Gasteiger partial charge in [0.05, 0.1) is 13.2 Å². The summed E-state index contributed by atoms with van der Waals surface area (Å²) in [4.78, 5) is 25.3. The SMILES string of the molecule is O=C(Nc1cccc(OCCO)c1)c1cccc(C(=O)Nc2cccc(OCCO)c2)c1. The lowest BCUT2D eigenvalue weighted by atomic mass is 10.1. The highest BCUT2D eigenvalue weighted by Gasteiger charge is 2.12. The van der Waals surface area contributed by atoms with Crippen LogP contribution in [0.15, 0.2) is 72.8 Å². The number of ether oxygens (including phenoxy) is 2. The largest absolute Gasteiger partial charge is 0.491 e. The fourth-order valence-electron chi connectivity index (χ4n) is 2.86. The third-order valence-electron chi connectivity index (χ3n) is 4.29. The number of hydrogen-bond donors (Lipinski definition) is 4. The summed E-state index contributed by atoms with van der Waals surface area (Å²) < 4.78 is 10.7. The highest BCUT2D eigenvalue weighted by Crippen LogP contribution is 2.20. The van der Waals surface area contributed by atoms with Gasteiger partial charge in [-0.1, -0.05) is 18.2 Å². The van der Waals surface area contributed by atoms with Crippen LogP contribution < -0.4 is 20.1 Å². The number of amides is 2. The van der Waals surface area contributed by atoms with E-state index in [-0.39, 0.29) is 38.2 Å². The van der Waals surface area contributed by atoms with Crippen LogP contribution in [0.25, 0.3) is 0 Å². The molecule has 0 saturated heterocycles. The minimum atomic E-state index is -0.377. The molecule has 32 heavy (non-hydrogen) atoms. The standard InChI is InChI=1S/C24H24N2O6/c27-10-12-31-21-8-2-6-19(15-21)25-23(29)17-4-1-5-18(14-17)24(30)26-20-7-3-9-22(16-20)32-13-11-28/h1-9,14-16,27-28H,10-13H2,(H,25,29)(H,26,30). The van der Waals surface area contributed by atoms with Crippen LogP contribution >= 0.6 is 0 Å². The predicted molar refractivity (Wildman–Crippen MR) is 120 cm³/mol. The smallest absolute Gasteiger partial charge is 0.255 e. The van der Waals surface area contributed by atoms with E-state index < -0.39 is 0 Å². The Labute approximate surface area is 185 Å². The lowest BCUT2D eigenvalue weighted by molar-refractivity contribution is 0.102. The number of aliphatic hydroxyl groups excluding tert-OH is 2. The summed E-state index contributed by atoms with van der Waals surface area (Å²) in [6.07, 6.45) is 0. The molecule has 0 bridgehead atoms. The van der Waals surface area contributed by atoms with Crippen molar-refractivity contribution in [2.75, 3.05) is 37.1 Å². The Morgan fingerprint density at radius 1 is 0.656 bits per heavy atom. The Morgan fingerprint density at radius 3 is 1.53 bits per heavy atom. The maximum Gasteiger partial charge on any atom is 0.255 e. The summed E-state index contributed by atoms with van der Waals surface area (Å²) in [7, 11) is 0. The van der Waals surface area contributed by atoms with Crippen LogP contribution in [0.2, 0.25) is 0 Å². The third-order valence-corrected chi connectivity index (χ3v) is 4.29. The van der Waals surface area contributed by atoms with Gasteiger partial charge < -0.3 is 30.3 Å². The minimum Gasteiger partial charge on any atom is -0.491 e. The second kappa shape index (κ2) is 11.5. The lowest BCUT2D eigenvalue weighted by Gasteiger charge is -2.10. The van der Waals surface area contributed by atoms with E-state index in [1.165, 1.54) is 6.07 Å². The van der Waals surface area contributed by atoms with Crippen LogP contribution in [0.5, 0.6) is 11.5 Å². The van der Waals surface area contributed by atoms with Crippen LogP contribution in [-0.4, -0.2) is 48.5 Å². The Balaban J connectivity index is 1.67. The van der Waals surface area contributed by atoms with Crippen molar-refractivity contribution in [3.05, 3.63) is 83.9 Å². The normalized spacial score (nSPS) is 10.3. The van der Waals surface area contributed by atoms with Gasteiger partial charge in [-0.2, -0.15) is 0 Å². The zero-order valence-corrected chi connectivity index (χ0v) is 17.3. The van der Waals surface area contributed by atoms with Gasteiger partial charge in [0.1, 0.15) is 24.7 Å². The summed E-state index contributed by atoms with van der Waals surface area (Å²) in [5.41, 5.74) is 1.69. The number of hydrogen-bond acceptors (Lipinski definition) is 6. The van der Waals surface area contributed by atoms with Crippen LogP contribution in [0.1, 0.15) is 20.7 Å². The van der Waals surface area contributed by atoms with E-state index in [1.807, 2.05) is 0 Å². The van der Waals surface area contributed by atoms with Crippen molar-refractivity contribution >= 4 is 23.2 Å². The molecule has 2 amide bonds. The quantitative estimate of drug-likeness (QED) is 0.388. The van der Waals surface area contributed by atoms with Crippen molar-refractivity contribution in [3.8, 4) is 11.5 Å². The first-order valence-electron chi connectivity index (χ1n) is 9.99. The molecule has 166 valence electrons. The molecule has 3 aromatic carbocycles. The second-order valence-corrected chi connectivity index (χ2v) is 6.69. The molecule has 8 heteroatoms. The van der Waals surface area contributed by atoms with Gasteiger partial charge in [-0.05, 0) is 42.5 Å². The van der Waals surface area contributed by atoms with E-state index in [4.69, 9.17) is 19.7 Å². The molecule has 4 N–H and O–H groups in total. The third kappa shape index (κ3) is 6.56. The summed E-state index contributed by atoms with van der Waals surface area (Å²) >= 11 is 0. The van der Waals surface area contributed by atoms with Crippen LogP contribution in [0.3, 0.4) is 0 Å². The van der Waals surface area contributed by atoms with Crippen molar-refractivity contribution < 1.29 is 29.3 Å². The molecule has 3 rings (SSSR count). The van der Waals surface area contributed by atoms with Gasteiger partial charge in [-0.25, -0.2) is 0 Å². The summed E-state index contributed by atoms with van der Waals surface area (Å²) in [5, 5.41) is 23.3. The molecule has 0 spiro atoms. The molecule has 0 atom stereocenters. The first-order valence-corrected chi connectivity index (χ1v) is 9.99. The Hall–Kier alpha value is -3.88. The summed E-state index contributed by atoms with van der Waals surface area (Å²) in [5.74, 6) is 0.294. The van der Waals surface area contributed by atoms with Crippen LogP contribution in [-0.2, 0) is 0 Å². The number of aliphatic hydroxyl groups is 2. The topological polar surface area (TPSA) is 117 Å². The molecule has 3 aromatic rings. The first kappa shape index (κ1) is 22.8. The van der Waals surface area contributed by atoms with Gasteiger partial charge in [0.25, 0.3) is 11.8 Å². The molecule has 0 aromatic heterocycles. The van der Waals surface area contributed by atoms with Crippen LogP contribution in [0.4, 0.5) is 11.4 Å². The number of carbonyl (C=O) groups excluding carboxylic acids is 2. The van der Waals surface area contributed by atoms with Crippen molar-refractivity contribution in [2.45, 2.75) is 0 Å². The average Bonchev–Trinajstić information content (AvgIpc) is 2.82. The Bertz CT molecular complexity index is 989. The molecule has 0 aliphatic heterocycles. The molecule has 0 saturated carbocycles. The van der Waals surface area contributed by atoms with Gasteiger partial charge in [0, 0.05) is 34.6 Å². The van der Waals surface area contributed by atoms with E-state index in [0.717, 1.165) is 0 Å². The van der Waals surface area contributed by atoms with Crippen molar-refractivity contribution in [2.24, 2.45) is 0 Å². The molecular formula is C24H24N2O6. The zero-order chi connectivity index (χ0) is 22.8. The first-order chi connectivity index (χ1) is 15.6. The van der Waals surface area contributed by atoms with E-state index in [1.54, 1.807) is 66.7 Å². The van der Waals surface area contributed by atoms with Gasteiger partial charge in [0.2, 0.25) is 0 Å². The highest BCUT2D eigenvalue weighted by atomic mass is 16.5. The number of anilines is 2. The summed E-state index contributed by atoms with van der Waals surface area (Å²) in [6, 6.07) is 20.0. The zero-order valence-electron chi connectivity index (χ0n) is 17.3. The number of rotatable bonds is 10. The fourth-order valence-corrected chi connectivity index (χ4v) is 2.86. The molecule has 0 radical (unpaired) electrons. The maximum absolute atomic E-state index is 12.7. The van der Waals surface area contributed by atoms with Crippen molar-refractivity contribution in [1.29, 1.82) is 0 Å². The number of nitrogens with one attached hydrogen (secondary N) is 2. The van der Waals surface area contributed by atoms with E-state index in [2.05, 4.69) is 10.6 Å². The Morgan fingerprint density at radius 2 is 1.09 bits per heavy atom. The minimum absolute atomic E-state index is 0.106.